The molecular weight excluding hydrogens is 304 g/mol. The summed E-state index contributed by atoms with van der Waals surface area (Å²) in [5.74, 6) is 1.45. The van der Waals surface area contributed by atoms with Gasteiger partial charge in [-0.1, -0.05) is 39.8 Å². The third kappa shape index (κ3) is 6.09. The summed E-state index contributed by atoms with van der Waals surface area (Å²) >= 11 is 2.07. The molecule has 124 valence electrons. The lowest BCUT2D eigenvalue weighted by atomic mass is 9.89. The second kappa shape index (κ2) is 7.17. The number of carbonyl (C=O) groups is 3. The minimum Gasteiger partial charge on any atom is -0.333 e. The minimum atomic E-state index is -1.16. The summed E-state index contributed by atoms with van der Waals surface area (Å²) in [4.78, 5) is 35.6. The maximum Gasteiger partial charge on any atom is 0.429 e. The molecule has 0 aromatic rings. The molecule has 0 saturated carbocycles. The van der Waals surface area contributed by atoms with E-state index < -0.39 is 17.9 Å². The molecule has 2 heterocycles. The number of amides is 3. The topological polar surface area (TPSA) is 89.7 Å². The lowest BCUT2D eigenvalue weighted by Crippen LogP contribution is -2.34. The molecular formula is C15H24N2O4S. The van der Waals surface area contributed by atoms with Gasteiger partial charge in [0, 0.05) is 24.3 Å². The third-order valence-corrected chi connectivity index (χ3v) is 5.02. The Kier molecular flexibility index (Phi) is 6.05. The molecule has 6 nitrogen and oxygen atoms in total. The second-order valence-electron chi connectivity index (χ2n) is 6.80. The number of hydrogen-bond donors (Lipinski definition) is 1. The Morgan fingerprint density at radius 1 is 1.09 bits per heavy atom. The number of hydrogen-bond acceptors (Lipinski definition) is 5. The largest absolute Gasteiger partial charge is 0.429 e. The molecule has 1 saturated heterocycles. The van der Waals surface area contributed by atoms with Gasteiger partial charge >= 0.3 is 6.09 Å². The molecule has 0 unspecified atom stereocenters. The van der Waals surface area contributed by atoms with Gasteiger partial charge < -0.3 is 10.6 Å². The van der Waals surface area contributed by atoms with Crippen molar-refractivity contribution >= 4 is 29.7 Å². The number of allylic oxidation sites excluding steroid dienone is 2. The molecule has 0 spiro atoms. The van der Waals surface area contributed by atoms with E-state index in [1.807, 2.05) is 0 Å². The molecule has 2 aliphatic rings. The Morgan fingerprint density at radius 2 is 1.50 bits per heavy atom. The Labute approximate surface area is 135 Å². The minimum absolute atomic E-state index is 0.0755. The molecule has 2 aliphatic heterocycles. The fourth-order valence-corrected chi connectivity index (χ4v) is 3.22. The van der Waals surface area contributed by atoms with Crippen LogP contribution in [0.3, 0.4) is 0 Å². The van der Waals surface area contributed by atoms with Crippen molar-refractivity contribution in [2.75, 3.05) is 11.5 Å². The van der Waals surface area contributed by atoms with Gasteiger partial charge in [-0.2, -0.15) is 11.8 Å². The third-order valence-electron chi connectivity index (χ3n) is 3.12. The van der Waals surface area contributed by atoms with E-state index >= 15 is 0 Å². The van der Waals surface area contributed by atoms with Gasteiger partial charge in [-0.25, -0.2) is 4.79 Å². The highest BCUT2D eigenvalue weighted by Crippen LogP contribution is 2.34. The SMILES string of the molecule is CC1(C)C=CC(C)(C)CSC1.NC(=O)ON1C(=O)CCC1=O. The average molecular weight is 328 g/mol. The van der Waals surface area contributed by atoms with Crippen molar-refractivity contribution in [2.24, 2.45) is 16.6 Å². The molecule has 0 aromatic carbocycles. The van der Waals surface area contributed by atoms with Crippen molar-refractivity contribution in [1.29, 1.82) is 0 Å². The van der Waals surface area contributed by atoms with Crippen molar-refractivity contribution in [3.8, 4) is 0 Å². The number of nitrogens with zero attached hydrogens (tertiary/aromatic N) is 1. The fraction of sp³-hybridized carbons (Fsp3) is 0.667. The van der Waals surface area contributed by atoms with Gasteiger partial charge in [-0.15, -0.1) is 5.06 Å². The molecule has 0 radical (unpaired) electrons. The van der Waals surface area contributed by atoms with Crippen LogP contribution in [0.15, 0.2) is 12.2 Å². The Hall–Kier alpha value is -1.50. The predicted molar refractivity (Wildman–Crippen MR) is 85.8 cm³/mol. The number of primary amides is 1. The molecule has 3 amide bonds. The van der Waals surface area contributed by atoms with Gasteiger partial charge in [0.1, 0.15) is 0 Å². The summed E-state index contributed by atoms with van der Waals surface area (Å²) in [6.07, 6.45) is 3.73. The van der Waals surface area contributed by atoms with E-state index in [4.69, 9.17) is 0 Å². The van der Waals surface area contributed by atoms with Gasteiger partial charge in [0.15, 0.2) is 0 Å². The van der Waals surface area contributed by atoms with Crippen LogP contribution in [-0.4, -0.2) is 34.5 Å². The summed E-state index contributed by atoms with van der Waals surface area (Å²) in [7, 11) is 0. The van der Waals surface area contributed by atoms with Gasteiger partial charge in [-0.05, 0) is 10.8 Å². The zero-order chi connectivity index (χ0) is 17.0. The van der Waals surface area contributed by atoms with Crippen LogP contribution in [0, 0.1) is 10.8 Å². The van der Waals surface area contributed by atoms with Crippen molar-refractivity contribution in [1.82, 2.24) is 5.06 Å². The highest BCUT2D eigenvalue weighted by atomic mass is 32.2. The molecule has 2 N–H and O–H groups in total. The van der Waals surface area contributed by atoms with Crippen LogP contribution in [0.2, 0.25) is 0 Å². The molecule has 2 rings (SSSR count). The van der Waals surface area contributed by atoms with E-state index in [9.17, 15) is 14.4 Å². The first kappa shape index (κ1) is 18.5. The van der Waals surface area contributed by atoms with Crippen LogP contribution >= 0.6 is 11.8 Å². The van der Waals surface area contributed by atoms with Gasteiger partial charge in [0.05, 0.1) is 0 Å². The predicted octanol–water partition coefficient (Wildman–Crippen LogP) is 2.49. The van der Waals surface area contributed by atoms with E-state index in [-0.39, 0.29) is 12.8 Å². The normalized spacial score (nSPS) is 22.6. The summed E-state index contributed by atoms with van der Waals surface area (Å²) in [6, 6.07) is 0. The quantitative estimate of drug-likeness (QED) is 0.590. The number of rotatable bonds is 1. The van der Waals surface area contributed by atoms with Crippen LogP contribution in [0.25, 0.3) is 0 Å². The summed E-state index contributed by atoms with van der Waals surface area (Å²) in [5.41, 5.74) is 5.39. The number of nitrogens with two attached hydrogens (primary N) is 1. The van der Waals surface area contributed by atoms with E-state index in [0.717, 1.165) is 0 Å². The van der Waals surface area contributed by atoms with Crippen LogP contribution in [0.4, 0.5) is 4.79 Å². The number of imide groups is 1. The average Bonchev–Trinajstić information content (AvgIpc) is 2.61. The van der Waals surface area contributed by atoms with E-state index in [1.165, 1.54) is 11.5 Å². The Balaban J connectivity index is 0.000000220. The number of carbonyl (C=O) groups excluding carboxylic acids is 3. The lowest BCUT2D eigenvalue weighted by Gasteiger charge is -2.17. The fourth-order valence-electron chi connectivity index (χ4n) is 1.87. The van der Waals surface area contributed by atoms with Gasteiger partial charge in [-0.3, -0.25) is 9.59 Å². The maximum absolute atomic E-state index is 10.7. The zero-order valence-electron chi connectivity index (χ0n) is 13.5. The molecule has 22 heavy (non-hydrogen) atoms. The smallest absolute Gasteiger partial charge is 0.333 e. The van der Waals surface area contributed by atoms with Crippen LogP contribution in [-0.2, 0) is 14.4 Å². The van der Waals surface area contributed by atoms with Gasteiger partial charge in [0.25, 0.3) is 11.8 Å². The zero-order valence-corrected chi connectivity index (χ0v) is 14.4. The van der Waals surface area contributed by atoms with E-state index in [0.29, 0.717) is 15.9 Å². The summed E-state index contributed by atoms with van der Waals surface area (Å²) in [5, 5.41) is 0.391. The van der Waals surface area contributed by atoms with Gasteiger partial charge in [0.2, 0.25) is 0 Å². The standard InChI is InChI=1S/C10H18S.C5H6N2O4/c1-9(2)5-6-10(3,4)8-11-7-9;6-5(10)11-7-3(8)1-2-4(7)9/h5-6H,7-8H2,1-4H3;1-2H2,(H2,6,10). The lowest BCUT2D eigenvalue weighted by molar-refractivity contribution is -0.170. The first-order valence-corrected chi connectivity index (χ1v) is 8.29. The first-order chi connectivity index (χ1) is 10.0. The van der Waals surface area contributed by atoms with E-state index in [1.54, 1.807) is 0 Å². The first-order valence-electron chi connectivity index (χ1n) is 7.14. The monoisotopic (exact) mass is 328 g/mol. The Morgan fingerprint density at radius 3 is 1.86 bits per heavy atom. The second-order valence-corrected chi connectivity index (χ2v) is 7.78. The summed E-state index contributed by atoms with van der Waals surface area (Å²) in [6.45, 7) is 9.21. The number of thioether (sulfide) groups is 1. The molecule has 0 aliphatic carbocycles. The van der Waals surface area contributed by atoms with Crippen molar-refractivity contribution in [2.45, 2.75) is 40.5 Å². The van der Waals surface area contributed by atoms with Crippen LogP contribution in [0.5, 0.6) is 0 Å². The number of hydroxylamine groups is 2. The van der Waals surface area contributed by atoms with Crippen LogP contribution < -0.4 is 5.73 Å². The molecule has 7 heteroatoms. The van der Waals surface area contributed by atoms with Crippen LogP contribution in [0.1, 0.15) is 40.5 Å². The molecule has 1 fully saturated rings. The van der Waals surface area contributed by atoms with Crippen molar-refractivity contribution < 1.29 is 19.2 Å². The molecule has 0 aromatic heterocycles. The highest BCUT2D eigenvalue weighted by molar-refractivity contribution is 7.99. The Bertz CT molecular complexity index is 452. The summed E-state index contributed by atoms with van der Waals surface area (Å²) < 4.78 is 0. The maximum atomic E-state index is 10.7. The highest BCUT2D eigenvalue weighted by Gasteiger charge is 2.32. The molecule has 0 atom stereocenters. The van der Waals surface area contributed by atoms with Crippen molar-refractivity contribution in [3.05, 3.63) is 12.2 Å². The van der Waals surface area contributed by atoms with E-state index in [2.05, 4.69) is 62.2 Å². The molecule has 0 bridgehead atoms. The van der Waals surface area contributed by atoms with Crippen molar-refractivity contribution in [3.63, 3.8) is 0 Å².